The summed E-state index contributed by atoms with van der Waals surface area (Å²) in [5, 5.41) is 0. The second-order valence-electron chi connectivity index (χ2n) is 6.21. The van der Waals surface area contributed by atoms with E-state index in [1.54, 1.807) is 0 Å². The van der Waals surface area contributed by atoms with Gasteiger partial charge in [0.1, 0.15) is 0 Å². The lowest BCUT2D eigenvalue weighted by Gasteiger charge is -2.34. The maximum atomic E-state index is 12.1. The van der Waals surface area contributed by atoms with Crippen molar-refractivity contribution in [1.82, 2.24) is 4.90 Å². The first-order valence-corrected chi connectivity index (χ1v) is 6.82. The summed E-state index contributed by atoms with van der Waals surface area (Å²) in [7, 11) is 0. The fourth-order valence-electron chi connectivity index (χ4n) is 2.15. The normalized spacial score (nSPS) is 21.6. The van der Waals surface area contributed by atoms with Crippen molar-refractivity contribution in [3.05, 3.63) is 0 Å². The molecule has 0 N–H and O–H groups in total. The van der Waals surface area contributed by atoms with Crippen LogP contribution >= 0.6 is 0 Å². The van der Waals surface area contributed by atoms with Crippen molar-refractivity contribution in [3.63, 3.8) is 0 Å². The highest BCUT2D eigenvalue weighted by atomic mass is 16.5. The fourth-order valence-corrected chi connectivity index (χ4v) is 2.15. The van der Waals surface area contributed by atoms with Gasteiger partial charge < -0.3 is 9.64 Å². The number of ether oxygens (including phenoxy) is 1. The monoisotopic (exact) mass is 241 g/mol. The van der Waals surface area contributed by atoms with Gasteiger partial charge in [0.05, 0.1) is 6.10 Å². The van der Waals surface area contributed by atoms with Crippen LogP contribution in [-0.2, 0) is 9.53 Å². The lowest BCUT2D eigenvalue weighted by atomic mass is 9.91. The Labute approximate surface area is 106 Å². The van der Waals surface area contributed by atoms with E-state index in [0.29, 0.717) is 6.42 Å². The van der Waals surface area contributed by atoms with Gasteiger partial charge in [0.25, 0.3) is 0 Å². The Balaban J connectivity index is 2.40. The van der Waals surface area contributed by atoms with E-state index in [4.69, 9.17) is 4.74 Å². The first kappa shape index (κ1) is 14.5. The molecule has 0 spiro atoms. The molecular weight excluding hydrogens is 214 g/mol. The molecule has 1 aliphatic rings. The molecule has 1 fully saturated rings. The van der Waals surface area contributed by atoms with Gasteiger partial charge in [-0.3, -0.25) is 4.79 Å². The van der Waals surface area contributed by atoms with Crippen LogP contribution in [0.2, 0.25) is 0 Å². The van der Waals surface area contributed by atoms with Gasteiger partial charge in [0, 0.05) is 26.1 Å². The first-order valence-electron chi connectivity index (χ1n) is 6.82. The summed E-state index contributed by atoms with van der Waals surface area (Å²) in [5.74, 6) is 0.280. The minimum absolute atomic E-state index is 0.0777. The van der Waals surface area contributed by atoms with Crippen molar-refractivity contribution in [3.8, 4) is 0 Å². The Morgan fingerprint density at radius 2 is 2.12 bits per heavy atom. The minimum atomic E-state index is 0.0777. The van der Waals surface area contributed by atoms with Crippen molar-refractivity contribution in [2.45, 2.75) is 59.5 Å². The standard InChI is InChI=1S/C14H27NO2/c1-5-9-17-12-7-6-8-15(11-12)13(16)10-14(2,3)4/h12H,5-11H2,1-4H3. The molecule has 1 saturated heterocycles. The Hall–Kier alpha value is -0.570. The summed E-state index contributed by atoms with van der Waals surface area (Å²) in [6.45, 7) is 11.0. The number of piperidine rings is 1. The molecule has 0 aromatic rings. The third-order valence-corrected chi connectivity index (χ3v) is 2.97. The number of carbonyl (C=O) groups excluding carboxylic acids is 1. The molecule has 0 aliphatic carbocycles. The van der Waals surface area contributed by atoms with Crippen molar-refractivity contribution in [1.29, 1.82) is 0 Å². The van der Waals surface area contributed by atoms with E-state index in [9.17, 15) is 4.79 Å². The molecule has 100 valence electrons. The number of likely N-dealkylation sites (tertiary alicyclic amines) is 1. The van der Waals surface area contributed by atoms with E-state index in [2.05, 4.69) is 27.7 Å². The van der Waals surface area contributed by atoms with Crippen LogP contribution < -0.4 is 0 Å². The number of hydrogen-bond acceptors (Lipinski definition) is 2. The average Bonchev–Trinajstić information content (AvgIpc) is 2.24. The molecule has 1 amide bonds. The fraction of sp³-hybridized carbons (Fsp3) is 0.929. The molecule has 17 heavy (non-hydrogen) atoms. The van der Waals surface area contributed by atoms with Crippen molar-refractivity contribution < 1.29 is 9.53 Å². The molecule has 1 atom stereocenters. The first-order chi connectivity index (χ1) is 7.92. The molecule has 3 heteroatoms. The largest absolute Gasteiger partial charge is 0.376 e. The van der Waals surface area contributed by atoms with Crippen LogP contribution in [0.4, 0.5) is 0 Å². The summed E-state index contributed by atoms with van der Waals surface area (Å²) in [6.07, 6.45) is 4.11. The number of rotatable bonds is 4. The lowest BCUT2D eigenvalue weighted by molar-refractivity contribution is -0.137. The topological polar surface area (TPSA) is 29.5 Å². The van der Waals surface area contributed by atoms with Crippen LogP contribution in [0.3, 0.4) is 0 Å². The molecule has 1 unspecified atom stereocenters. The molecule has 0 bridgehead atoms. The third kappa shape index (κ3) is 5.53. The summed E-state index contributed by atoms with van der Waals surface area (Å²) >= 11 is 0. The van der Waals surface area contributed by atoms with Crippen LogP contribution in [0, 0.1) is 5.41 Å². The van der Waals surface area contributed by atoms with Gasteiger partial charge in [-0.1, -0.05) is 27.7 Å². The maximum Gasteiger partial charge on any atom is 0.223 e. The molecule has 0 aromatic carbocycles. The minimum Gasteiger partial charge on any atom is -0.376 e. The van der Waals surface area contributed by atoms with E-state index in [1.165, 1.54) is 0 Å². The van der Waals surface area contributed by atoms with Gasteiger partial charge in [-0.2, -0.15) is 0 Å². The zero-order valence-corrected chi connectivity index (χ0v) is 11.8. The highest BCUT2D eigenvalue weighted by Gasteiger charge is 2.26. The zero-order valence-electron chi connectivity index (χ0n) is 11.8. The molecule has 1 aliphatic heterocycles. The van der Waals surface area contributed by atoms with Crippen molar-refractivity contribution in [2.75, 3.05) is 19.7 Å². The second kappa shape index (κ2) is 6.39. The predicted molar refractivity (Wildman–Crippen MR) is 69.9 cm³/mol. The molecule has 0 aromatic heterocycles. The van der Waals surface area contributed by atoms with Gasteiger partial charge in [-0.15, -0.1) is 0 Å². The highest BCUT2D eigenvalue weighted by molar-refractivity contribution is 5.76. The van der Waals surface area contributed by atoms with E-state index in [-0.39, 0.29) is 17.4 Å². The van der Waals surface area contributed by atoms with E-state index in [1.807, 2.05) is 4.90 Å². The van der Waals surface area contributed by atoms with Crippen molar-refractivity contribution in [2.24, 2.45) is 5.41 Å². The quantitative estimate of drug-likeness (QED) is 0.757. The van der Waals surface area contributed by atoms with Gasteiger partial charge in [0.2, 0.25) is 5.91 Å². The summed E-state index contributed by atoms with van der Waals surface area (Å²) in [5.41, 5.74) is 0.0777. The molecular formula is C14H27NO2. The van der Waals surface area contributed by atoms with Crippen LogP contribution in [0.5, 0.6) is 0 Å². The predicted octanol–water partition coefficient (Wildman–Crippen LogP) is 2.84. The Morgan fingerprint density at radius 1 is 1.41 bits per heavy atom. The summed E-state index contributed by atoms with van der Waals surface area (Å²) < 4.78 is 5.75. The SMILES string of the molecule is CCCOC1CCCN(C(=O)CC(C)(C)C)C1. The van der Waals surface area contributed by atoms with Crippen LogP contribution in [0.1, 0.15) is 53.4 Å². The Bertz CT molecular complexity index is 245. The van der Waals surface area contributed by atoms with Crippen LogP contribution in [0.25, 0.3) is 0 Å². The zero-order chi connectivity index (χ0) is 12.9. The number of amides is 1. The van der Waals surface area contributed by atoms with E-state index < -0.39 is 0 Å². The smallest absolute Gasteiger partial charge is 0.223 e. The lowest BCUT2D eigenvalue weighted by Crippen LogP contribution is -2.44. The molecule has 1 heterocycles. The van der Waals surface area contributed by atoms with Crippen LogP contribution in [0.15, 0.2) is 0 Å². The molecule has 3 nitrogen and oxygen atoms in total. The molecule has 0 radical (unpaired) electrons. The third-order valence-electron chi connectivity index (χ3n) is 2.97. The number of carbonyl (C=O) groups is 1. The number of hydrogen-bond donors (Lipinski definition) is 0. The van der Waals surface area contributed by atoms with Gasteiger partial charge in [-0.25, -0.2) is 0 Å². The van der Waals surface area contributed by atoms with E-state index in [0.717, 1.165) is 39.0 Å². The average molecular weight is 241 g/mol. The number of nitrogens with zero attached hydrogens (tertiary/aromatic N) is 1. The Morgan fingerprint density at radius 3 is 2.71 bits per heavy atom. The van der Waals surface area contributed by atoms with Gasteiger partial charge in [0.15, 0.2) is 0 Å². The second-order valence-corrected chi connectivity index (χ2v) is 6.21. The highest BCUT2D eigenvalue weighted by Crippen LogP contribution is 2.22. The molecule has 1 rings (SSSR count). The summed E-state index contributed by atoms with van der Waals surface area (Å²) in [6, 6.07) is 0. The Kier molecular flexibility index (Phi) is 5.44. The van der Waals surface area contributed by atoms with Gasteiger partial charge in [-0.05, 0) is 24.7 Å². The maximum absolute atomic E-state index is 12.1. The summed E-state index contributed by atoms with van der Waals surface area (Å²) in [4.78, 5) is 14.1. The van der Waals surface area contributed by atoms with E-state index >= 15 is 0 Å². The van der Waals surface area contributed by atoms with Gasteiger partial charge >= 0.3 is 0 Å². The van der Waals surface area contributed by atoms with Crippen LogP contribution in [-0.4, -0.2) is 36.6 Å². The molecule has 0 saturated carbocycles. The van der Waals surface area contributed by atoms with Crippen molar-refractivity contribution >= 4 is 5.91 Å².